The molecule has 5 nitrogen and oxygen atoms in total. The molecule has 0 aliphatic rings. The Morgan fingerprint density at radius 2 is 2.10 bits per heavy atom. The van der Waals surface area contributed by atoms with Crippen LogP contribution in [0, 0.1) is 5.82 Å². The number of esters is 1. The molecule has 0 radical (unpaired) electrons. The molecular weight excluding hydrogens is 345 g/mol. The van der Waals surface area contributed by atoms with Crippen molar-refractivity contribution in [3.63, 3.8) is 0 Å². The average Bonchev–Trinajstić information content (AvgIpc) is 2.46. The predicted molar refractivity (Wildman–Crippen MR) is 78.5 cm³/mol. The molecule has 0 N–H and O–H groups in total. The Balaban J connectivity index is 2.98. The number of benzene rings is 1. The third kappa shape index (κ3) is 4.50. The van der Waals surface area contributed by atoms with Gasteiger partial charge in [0, 0.05) is 18.1 Å². The molecule has 0 aliphatic carbocycles. The van der Waals surface area contributed by atoms with E-state index in [2.05, 4.69) is 20.7 Å². The molecule has 1 amide bonds. The fraction of sp³-hybridized carbons (Fsp3) is 0.429. The lowest BCUT2D eigenvalue weighted by Gasteiger charge is -2.26. The van der Waals surface area contributed by atoms with Crippen molar-refractivity contribution in [1.29, 1.82) is 0 Å². The van der Waals surface area contributed by atoms with Gasteiger partial charge >= 0.3 is 5.97 Å². The van der Waals surface area contributed by atoms with E-state index in [1.165, 1.54) is 26.3 Å². The normalized spacial score (nSPS) is 11.9. The van der Waals surface area contributed by atoms with Gasteiger partial charge in [-0.15, -0.1) is 0 Å². The minimum Gasteiger partial charge on any atom is -0.467 e. The summed E-state index contributed by atoms with van der Waals surface area (Å²) in [6.45, 7) is 2.15. The van der Waals surface area contributed by atoms with Crippen LogP contribution in [0.1, 0.15) is 17.3 Å². The van der Waals surface area contributed by atoms with Crippen LogP contribution < -0.4 is 0 Å². The summed E-state index contributed by atoms with van der Waals surface area (Å²) in [6, 6.07) is 3.18. The van der Waals surface area contributed by atoms with Crippen LogP contribution in [0.3, 0.4) is 0 Å². The molecule has 1 aromatic rings. The van der Waals surface area contributed by atoms with E-state index >= 15 is 0 Å². The number of hydrogen-bond acceptors (Lipinski definition) is 4. The molecule has 0 unspecified atom stereocenters. The van der Waals surface area contributed by atoms with Crippen molar-refractivity contribution in [3.05, 3.63) is 34.1 Å². The second-order valence-electron chi connectivity index (χ2n) is 4.24. The van der Waals surface area contributed by atoms with Crippen molar-refractivity contribution in [2.24, 2.45) is 0 Å². The fourth-order valence-electron chi connectivity index (χ4n) is 1.70. The van der Waals surface area contributed by atoms with E-state index in [0.717, 1.165) is 4.90 Å². The number of carbonyl (C=O) groups is 2. The molecule has 0 spiro atoms. The van der Waals surface area contributed by atoms with Gasteiger partial charge in [0.2, 0.25) is 0 Å². The van der Waals surface area contributed by atoms with E-state index < -0.39 is 23.7 Å². The Morgan fingerprint density at radius 3 is 2.62 bits per heavy atom. The molecule has 0 aliphatic heterocycles. The van der Waals surface area contributed by atoms with Gasteiger partial charge in [0.25, 0.3) is 5.91 Å². The molecule has 0 saturated carbocycles. The Bertz CT molecular complexity index is 524. The summed E-state index contributed by atoms with van der Waals surface area (Å²) in [5.74, 6) is -1.90. The summed E-state index contributed by atoms with van der Waals surface area (Å²) in [5, 5.41) is 0. The summed E-state index contributed by atoms with van der Waals surface area (Å²) in [7, 11) is 2.63. The zero-order valence-electron chi connectivity index (χ0n) is 12.1. The molecule has 0 fully saturated rings. The lowest BCUT2D eigenvalue weighted by atomic mass is 10.1. The van der Waals surface area contributed by atoms with Crippen LogP contribution in [-0.4, -0.2) is 50.2 Å². The van der Waals surface area contributed by atoms with Gasteiger partial charge in [0.1, 0.15) is 5.82 Å². The van der Waals surface area contributed by atoms with Crippen molar-refractivity contribution >= 4 is 27.8 Å². The largest absolute Gasteiger partial charge is 0.467 e. The zero-order valence-corrected chi connectivity index (χ0v) is 13.6. The summed E-state index contributed by atoms with van der Waals surface area (Å²) in [5.41, 5.74) is -0.119. The van der Waals surface area contributed by atoms with Crippen LogP contribution in [0.4, 0.5) is 4.39 Å². The second kappa shape index (κ2) is 8.09. The molecule has 0 bridgehead atoms. The minimum atomic E-state index is -0.925. The van der Waals surface area contributed by atoms with E-state index in [0.29, 0.717) is 11.1 Å². The number of hydrogen-bond donors (Lipinski definition) is 0. The first-order valence-electron chi connectivity index (χ1n) is 6.30. The van der Waals surface area contributed by atoms with Crippen LogP contribution in [0.2, 0.25) is 0 Å². The molecule has 0 aromatic heterocycles. The molecule has 21 heavy (non-hydrogen) atoms. The summed E-state index contributed by atoms with van der Waals surface area (Å²) in [6.07, 6.45) is 0. The zero-order chi connectivity index (χ0) is 16.0. The fourth-order valence-corrected chi connectivity index (χ4v) is 2.03. The molecule has 1 rings (SSSR count). The van der Waals surface area contributed by atoms with Gasteiger partial charge in [-0.2, -0.15) is 0 Å². The number of nitrogens with zero attached hydrogens (tertiary/aromatic N) is 1. The highest BCUT2D eigenvalue weighted by Gasteiger charge is 2.29. The van der Waals surface area contributed by atoms with E-state index in [-0.39, 0.29) is 12.2 Å². The maximum atomic E-state index is 13.8. The van der Waals surface area contributed by atoms with Crippen molar-refractivity contribution in [3.8, 4) is 0 Å². The van der Waals surface area contributed by atoms with Crippen molar-refractivity contribution in [2.75, 3.05) is 27.4 Å². The standard InChI is InChI=1S/C14H17BrFNO4/c1-4-21-8-12(14(19)20-3)17(2)13(18)10-6-5-9(15)7-11(10)16/h5-7,12H,4,8H2,1-3H3/t12-/m1/s1. The van der Waals surface area contributed by atoms with Gasteiger partial charge in [-0.25, -0.2) is 9.18 Å². The third-order valence-corrected chi connectivity index (χ3v) is 3.40. The quantitative estimate of drug-likeness (QED) is 0.729. The number of amides is 1. The highest BCUT2D eigenvalue weighted by molar-refractivity contribution is 9.10. The first-order chi connectivity index (χ1) is 9.92. The Labute approximate surface area is 131 Å². The SMILES string of the molecule is CCOC[C@H](C(=O)OC)N(C)C(=O)c1ccc(Br)cc1F. The summed E-state index contributed by atoms with van der Waals surface area (Å²) >= 11 is 3.12. The van der Waals surface area contributed by atoms with Crippen LogP contribution in [0.25, 0.3) is 0 Å². The van der Waals surface area contributed by atoms with E-state index in [1.807, 2.05) is 0 Å². The monoisotopic (exact) mass is 361 g/mol. The molecule has 116 valence electrons. The average molecular weight is 362 g/mol. The van der Waals surface area contributed by atoms with Crippen LogP contribution in [-0.2, 0) is 14.3 Å². The maximum absolute atomic E-state index is 13.8. The van der Waals surface area contributed by atoms with E-state index in [9.17, 15) is 14.0 Å². The van der Waals surface area contributed by atoms with Crippen LogP contribution in [0.15, 0.2) is 22.7 Å². The van der Waals surface area contributed by atoms with Crippen molar-refractivity contribution in [2.45, 2.75) is 13.0 Å². The van der Waals surface area contributed by atoms with E-state index in [1.54, 1.807) is 13.0 Å². The number of methoxy groups -OCH3 is 1. The highest BCUT2D eigenvalue weighted by atomic mass is 79.9. The van der Waals surface area contributed by atoms with Gasteiger partial charge in [0.15, 0.2) is 6.04 Å². The lowest BCUT2D eigenvalue weighted by Crippen LogP contribution is -2.46. The first kappa shape index (κ1) is 17.6. The van der Waals surface area contributed by atoms with Crippen molar-refractivity contribution < 1.29 is 23.5 Å². The highest BCUT2D eigenvalue weighted by Crippen LogP contribution is 2.17. The van der Waals surface area contributed by atoms with Gasteiger partial charge in [-0.05, 0) is 25.1 Å². The molecule has 1 aromatic carbocycles. The Kier molecular flexibility index (Phi) is 6.77. The van der Waals surface area contributed by atoms with Crippen molar-refractivity contribution in [1.82, 2.24) is 4.90 Å². The number of halogens is 2. The second-order valence-corrected chi connectivity index (χ2v) is 5.15. The van der Waals surface area contributed by atoms with Crippen LogP contribution >= 0.6 is 15.9 Å². The Hall–Kier alpha value is -1.47. The van der Waals surface area contributed by atoms with Gasteiger partial charge in [-0.3, -0.25) is 4.79 Å². The summed E-state index contributed by atoms with van der Waals surface area (Å²) < 4.78 is 24.2. The number of rotatable bonds is 6. The molecular formula is C14H17BrFNO4. The van der Waals surface area contributed by atoms with Gasteiger partial charge in [0.05, 0.1) is 19.3 Å². The van der Waals surface area contributed by atoms with E-state index in [4.69, 9.17) is 4.74 Å². The smallest absolute Gasteiger partial charge is 0.331 e. The number of ether oxygens (including phenoxy) is 2. The molecule has 0 heterocycles. The number of likely N-dealkylation sites (N-methyl/N-ethyl adjacent to an activating group) is 1. The predicted octanol–water partition coefficient (Wildman–Crippen LogP) is 2.24. The minimum absolute atomic E-state index is 0.0104. The maximum Gasteiger partial charge on any atom is 0.331 e. The summed E-state index contributed by atoms with van der Waals surface area (Å²) in [4.78, 5) is 25.2. The first-order valence-corrected chi connectivity index (χ1v) is 7.09. The molecule has 7 heteroatoms. The van der Waals surface area contributed by atoms with Gasteiger partial charge in [-0.1, -0.05) is 15.9 Å². The third-order valence-electron chi connectivity index (χ3n) is 2.90. The Morgan fingerprint density at radius 1 is 1.43 bits per heavy atom. The topological polar surface area (TPSA) is 55.8 Å². The van der Waals surface area contributed by atoms with Crippen LogP contribution in [0.5, 0.6) is 0 Å². The molecule has 0 saturated heterocycles. The lowest BCUT2D eigenvalue weighted by molar-refractivity contribution is -0.147. The molecule has 1 atom stereocenters. The van der Waals surface area contributed by atoms with Gasteiger partial charge < -0.3 is 14.4 Å². The number of carbonyl (C=O) groups excluding carboxylic acids is 2.